The fourth-order valence-electron chi connectivity index (χ4n) is 3.40. The van der Waals surface area contributed by atoms with Gasteiger partial charge in [0.15, 0.2) is 5.65 Å². The first-order valence-electron chi connectivity index (χ1n) is 9.39. The molecule has 0 bridgehead atoms. The third-order valence-corrected chi connectivity index (χ3v) is 4.93. The normalized spacial score (nSPS) is 13.9. The second-order valence-corrected chi connectivity index (χ2v) is 7.15. The number of para-hydroxylation sites is 1. The van der Waals surface area contributed by atoms with Gasteiger partial charge in [0.2, 0.25) is 5.91 Å². The van der Waals surface area contributed by atoms with E-state index in [-0.39, 0.29) is 24.2 Å². The topological polar surface area (TPSA) is 81.3 Å². The van der Waals surface area contributed by atoms with Crippen molar-refractivity contribution >= 4 is 22.5 Å². The Kier molecular flexibility index (Phi) is 3.93. The van der Waals surface area contributed by atoms with Gasteiger partial charge in [-0.2, -0.15) is 0 Å². The van der Waals surface area contributed by atoms with Crippen LogP contribution < -0.4 is 11.0 Å². The number of carbonyl (C=O) groups is 1. The lowest BCUT2D eigenvalue weighted by atomic mass is 10.1. The molecule has 5 rings (SSSR count). The molecule has 1 amide bonds. The summed E-state index contributed by atoms with van der Waals surface area (Å²) in [5.41, 5.74) is 2.02. The van der Waals surface area contributed by atoms with Crippen molar-refractivity contribution in [1.82, 2.24) is 24.5 Å². The number of rotatable bonds is 5. The average Bonchev–Trinajstić information content (AvgIpc) is 3.45. The van der Waals surface area contributed by atoms with Crippen molar-refractivity contribution in [3.05, 3.63) is 76.5 Å². The minimum Gasteiger partial charge on any atom is -0.352 e. The summed E-state index contributed by atoms with van der Waals surface area (Å²) in [6.07, 6.45) is 2.51. The van der Waals surface area contributed by atoms with Crippen molar-refractivity contribution in [2.45, 2.75) is 31.8 Å². The fourth-order valence-corrected chi connectivity index (χ4v) is 3.40. The summed E-state index contributed by atoms with van der Waals surface area (Å²) < 4.78 is 2.76. The molecule has 2 aromatic heterocycles. The van der Waals surface area contributed by atoms with Crippen LogP contribution in [0.25, 0.3) is 16.6 Å². The molecule has 140 valence electrons. The molecular formula is C21H19N5O2. The molecule has 1 N–H and O–H groups in total. The molecule has 2 aromatic carbocycles. The van der Waals surface area contributed by atoms with Crippen molar-refractivity contribution < 1.29 is 4.79 Å². The van der Waals surface area contributed by atoms with Crippen LogP contribution in [0.1, 0.15) is 24.2 Å². The van der Waals surface area contributed by atoms with Gasteiger partial charge in [-0.25, -0.2) is 18.9 Å². The number of carbonyl (C=O) groups excluding carboxylic acids is 1. The van der Waals surface area contributed by atoms with E-state index in [1.807, 2.05) is 54.6 Å². The fraction of sp³-hybridized carbons (Fsp3) is 0.238. The molecule has 0 spiro atoms. The van der Waals surface area contributed by atoms with Crippen molar-refractivity contribution in [2.75, 3.05) is 0 Å². The highest BCUT2D eigenvalue weighted by atomic mass is 16.2. The van der Waals surface area contributed by atoms with Gasteiger partial charge in [0.25, 0.3) is 0 Å². The SMILES string of the molecule is O=C(Cn1nc2c3ccccc3nc(Cc3ccccc3)n2c1=O)NC1CC1. The molecule has 4 aromatic rings. The van der Waals surface area contributed by atoms with Gasteiger partial charge in [-0.3, -0.25) is 4.79 Å². The summed E-state index contributed by atoms with van der Waals surface area (Å²) in [5, 5.41) is 8.17. The first-order valence-corrected chi connectivity index (χ1v) is 9.39. The molecule has 7 nitrogen and oxygen atoms in total. The van der Waals surface area contributed by atoms with Gasteiger partial charge < -0.3 is 5.32 Å². The summed E-state index contributed by atoms with van der Waals surface area (Å²) in [5.74, 6) is 0.425. The Labute approximate surface area is 160 Å². The maximum absolute atomic E-state index is 13.1. The molecule has 1 aliphatic carbocycles. The Morgan fingerprint density at radius 1 is 1.07 bits per heavy atom. The Balaban J connectivity index is 1.64. The minimum atomic E-state index is -0.342. The average molecular weight is 373 g/mol. The summed E-state index contributed by atoms with van der Waals surface area (Å²) >= 11 is 0. The molecule has 1 aliphatic rings. The molecule has 0 aliphatic heterocycles. The molecule has 7 heteroatoms. The molecule has 0 radical (unpaired) electrons. The molecule has 28 heavy (non-hydrogen) atoms. The van der Waals surface area contributed by atoms with Gasteiger partial charge in [0.1, 0.15) is 12.4 Å². The second-order valence-electron chi connectivity index (χ2n) is 7.15. The molecular weight excluding hydrogens is 354 g/mol. The molecule has 1 saturated carbocycles. The van der Waals surface area contributed by atoms with Crippen LogP contribution in [0.15, 0.2) is 59.4 Å². The van der Waals surface area contributed by atoms with Crippen LogP contribution in [-0.2, 0) is 17.8 Å². The van der Waals surface area contributed by atoms with E-state index >= 15 is 0 Å². The van der Waals surface area contributed by atoms with Crippen LogP contribution in [0.5, 0.6) is 0 Å². The molecule has 0 atom stereocenters. The molecule has 0 unspecified atom stereocenters. The zero-order chi connectivity index (χ0) is 19.1. The number of nitrogens with one attached hydrogen (secondary N) is 1. The maximum Gasteiger partial charge on any atom is 0.352 e. The van der Waals surface area contributed by atoms with Gasteiger partial charge in [0, 0.05) is 17.8 Å². The summed E-state index contributed by atoms with van der Waals surface area (Å²) in [6, 6.07) is 17.7. The van der Waals surface area contributed by atoms with Crippen molar-refractivity contribution in [3.8, 4) is 0 Å². The first-order chi connectivity index (χ1) is 13.7. The van der Waals surface area contributed by atoms with Crippen LogP contribution in [0.3, 0.4) is 0 Å². The largest absolute Gasteiger partial charge is 0.352 e. The van der Waals surface area contributed by atoms with Gasteiger partial charge >= 0.3 is 5.69 Å². The summed E-state index contributed by atoms with van der Waals surface area (Å²) in [4.78, 5) is 30.0. The van der Waals surface area contributed by atoms with E-state index in [0.29, 0.717) is 17.9 Å². The zero-order valence-corrected chi connectivity index (χ0v) is 15.2. The molecule has 2 heterocycles. The van der Waals surface area contributed by atoms with Crippen molar-refractivity contribution in [1.29, 1.82) is 0 Å². The van der Waals surface area contributed by atoms with Crippen LogP contribution in [0, 0.1) is 0 Å². The smallest absolute Gasteiger partial charge is 0.352 e. The van der Waals surface area contributed by atoms with Gasteiger partial charge in [-0.05, 0) is 30.5 Å². The standard InChI is InChI=1S/C21H19N5O2/c27-19(22-15-10-11-15)13-25-21(28)26-18(12-14-6-2-1-3-7-14)23-17-9-5-4-8-16(17)20(26)24-25/h1-9,15H,10-13H2,(H,22,27). The van der Waals surface area contributed by atoms with E-state index in [2.05, 4.69) is 10.4 Å². The van der Waals surface area contributed by atoms with Crippen LogP contribution in [0.4, 0.5) is 0 Å². The van der Waals surface area contributed by atoms with Gasteiger partial charge in [-0.1, -0.05) is 42.5 Å². The van der Waals surface area contributed by atoms with E-state index < -0.39 is 0 Å². The summed E-state index contributed by atoms with van der Waals surface area (Å²) in [6.45, 7) is -0.0872. The predicted octanol–water partition coefficient (Wildman–Crippen LogP) is 1.91. The Morgan fingerprint density at radius 3 is 2.61 bits per heavy atom. The predicted molar refractivity (Wildman–Crippen MR) is 105 cm³/mol. The number of aromatic nitrogens is 4. The van der Waals surface area contributed by atoms with E-state index in [1.165, 1.54) is 9.08 Å². The lowest BCUT2D eigenvalue weighted by molar-refractivity contribution is -0.122. The van der Waals surface area contributed by atoms with Crippen LogP contribution in [0.2, 0.25) is 0 Å². The number of hydrogen-bond acceptors (Lipinski definition) is 4. The quantitative estimate of drug-likeness (QED) is 0.579. The number of nitrogens with zero attached hydrogens (tertiary/aromatic N) is 4. The third-order valence-electron chi connectivity index (χ3n) is 4.93. The van der Waals surface area contributed by atoms with E-state index in [1.54, 1.807) is 0 Å². The lowest BCUT2D eigenvalue weighted by Crippen LogP contribution is -2.34. The van der Waals surface area contributed by atoms with Gasteiger partial charge in [-0.15, -0.1) is 5.10 Å². The number of hydrogen-bond donors (Lipinski definition) is 1. The Hall–Kier alpha value is -3.48. The minimum absolute atomic E-state index is 0.0872. The van der Waals surface area contributed by atoms with Crippen molar-refractivity contribution in [3.63, 3.8) is 0 Å². The molecule has 0 saturated heterocycles. The highest BCUT2D eigenvalue weighted by Crippen LogP contribution is 2.19. The van der Waals surface area contributed by atoms with E-state index in [4.69, 9.17) is 4.98 Å². The van der Waals surface area contributed by atoms with E-state index in [9.17, 15) is 9.59 Å². The lowest BCUT2D eigenvalue weighted by Gasteiger charge is -2.06. The van der Waals surface area contributed by atoms with E-state index in [0.717, 1.165) is 29.3 Å². The second kappa shape index (κ2) is 6.60. The van der Waals surface area contributed by atoms with Crippen LogP contribution in [-0.4, -0.2) is 31.1 Å². The summed E-state index contributed by atoms with van der Waals surface area (Å²) in [7, 11) is 0. The highest BCUT2D eigenvalue weighted by Gasteiger charge is 2.24. The Bertz CT molecular complexity index is 1240. The van der Waals surface area contributed by atoms with Gasteiger partial charge in [0.05, 0.1) is 5.52 Å². The van der Waals surface area contributed by atoms with Crippen LogP contribution >= 0.6 is 0 Å². The first kappa shape index (κ1) is 16.7. The number of fused-ring (bicyclic) bond motifs is 3. The Morgan fingerprint density at radius 2 is 1.82 bits per heavy atom. The molecule has 1 fully saturated rings. The zero-order valence-electron chi connectivity index (χ0n) is 15.2. The highest BCUT2D eigenvalue weighted by molar-refractivity contribution is 5.91. The van der Waals surface area contributed by atoms with Crippen molar-refractivity contribution in [2.24, 2.45) is 0 Å². The third kappa shape index (κ3) is 3.05. The monoisotopic (exact) mass is 373 g/mol. The maximum atomic E-state index is 13.1. The number of amides is 1. The number of benzene rings is 2.